The zero-order valence-corrected chi connectivity index (χ0v) is 16.4. The van der Waals surface area contributed by atoms with Crippen LogP contribution in [0.15, 0.2) is 40.2 Å². The topological polar surface area (TPSA) is 34.5 Å². The van der Waals surface area contributed by atoms with Crippen LogP contribution in [0.3, 0.4) is 0 Å². The summed E-state index contributed by atoms with van der Waals surface area (Å²) in [5, 5.41) is 0. The third-order valence-electron chi connectivity index (χ3n) is 4.54. The van der Waals surface area contributed by atoms with Gasteiger partial charge in [0, 0.05) is 19.6 Å². The number of hydrogen-bond donors (Lipinski definition) is 0. The molecule has 0 bridgehead atoms. The van der Waals surface area contributed by atoms with E-state index < -0.39 is 0 Å². The lowest BCUT2D eigenvalue weighted by Gasteiger charge is -2.27. The summed E-state index contributed by atoms with van der Waals surface area (Å²) in [7, 11) is 0. The van der Waals surface area contributed by atoms with Gasteiger partial charge in [-0.2, -0.15) is 0 Å². The van der Waals surface area contributed by atoms with Crippen LogP contribution in [-0.4, -0.2) is 41.7 Å². The first-order valence-corrected chi connectivity index (χ1v) is 9.94. The largest absolute Gasteiger partial charge is 0.378 e. The molecule has 1 saturated heterocycles. The Bertz CT molecular complexity index is 908. The molecule has 0 aliphatic carbocycles. The zero-order valence-electron chi connectivity index (χ0n) is 14.0. The van der Waals surface area contributed by atoms with Crippen molar-refractivity contribution in [2.75, 3.05) is 26.3 Å². The molecule has 25 heavy (non-hydrogen) atoms. The molecule has 3 aromatic rings. The number of aryl methyl sites for hydroxylation is 1. The average Bonchev–Trinajstić information content (AvgIpc) is 3.14. The Morgan fingerprint density at radius 1 is 1.20 bits per heavy atom. The molecule has 1 aliphatic rings. The molecule has 0 radical (unpaired) electrons. The maximum absolute atomic E-state index is 13.1. The molecule has 0 saturated carbocycles. The molecule has 0 N–H and O–H groups in total. The Morgan fingerprint density at radius 2 is 1.92 bits per heavy atom. The number of halogens is 1. The van der Waals surface area contributed by atoms with E-state index in [1.165, 1.54) is 11.1 Å². The minimum absolute atomic E-state index is 0.0925. The van der Waals surface area contributed by atoms with Gasteiger partial charge < -0.3 is 14.2 Å². The van der Waals surface area contributed by atoms with Gasteiger partial charge in [0.1, 0.15) is 5.69 Å². The first kappa shape index (κ1) is 16.8. The molecule has 4 nitrogen and oxygen atoms in total. The van der Waals surface area contributed by atoms with Crippen LogP contribution >= 0.6 is 27.3 Å². The lowest BCUT2D eigenvalue weighted by Crippen LogP contribution is -2.41. The Labute approximate surface area is 159 Å². The number of benzene rings is 1. The van der Waals surface area contributed by atoms with Crippen molar-refractivity contribution in [3.63, 3.8) is 0 Å². The number of amides is 1. The smallest absolute Gasteiger partial charge is 0.270 e. The fraction of sp³-hybridized carbons (Fsp3) is 0.316. The number of hydrogen-bond acceptors (Lipinski definition) is 3. The second-order valence-electron chi connectivity index (χ2n) is 6.31. The summed E-state index contributed by atoms with van der Waals surface area (Å²) in [5.74, 6) is 0.0925. The van der Waals surface area contributed by atoms with Crippen molar-refractivity contribution >= 4 is 43.4 Å². The molecule has 1 fully saturated rings. The van der Waals surface area contributed by atoms with Crippen molar-refractivity contribution in [3.8, 4) is 0 Å². The maximum atomic E-state index is 13.1. The first-order chi connectivity index (χ1) is 12.1. The molecule has 0 unspecified atom stereocenters. The maximum Gasteiger partial charge on any atom is 0.270 e. The van der Waals surface area contributed by atoms with E-state index in [4.69, 9.17) is 4.74 Å². The second-order valence-corrected chi connectivity index (χ2v) is 8.77. The molecule has 130 valence electrons. The van der Waals surface area contributed by atoms with E-state index in [0.717, 1.165) is 19.7 Å². The van der Waals surface area contributed by atoms with Gasteiger partial charge in [0.25, 0.3) is 5.91 Å². The molecular weight excluding hydrogens is 400 g/mol. The van der Waals surface area contributed by atoms with E-state index >= 15 is 0 Å². The standard InChI is InChI=1S/C19H19BrN2O2S/c1-13-2-4-14(5-3-13)12-22-15-11-18(20)25-17(15)10-16(22)19(23)21-6-8-24-9-7-21/h2-5,10-11H,6-9,12H2,1H3. The highest BCUT2D eigenvalue weighted by molar-refractivity contribution is 9.11. The number of carbonyl (C=O) groups excluding carboxylic acids is 1. The summed E-state index contributed by atoms with van der Waals surface area (Å²) < 4.78 is 9.73. The van der Waals surface area contributed by atoms with Crippen molar-refractivity contribution in [3.05, 3.63) is 57.0 Å². The van der Waals surface area contributed by atoms with Crippen LogP contribution < -0.4 is 0 Å². The van der Waals surface area contributed by atoms with Gasteiger partial charge in [-0.3, -0.25) is 4.79 Å². The summed E-state index contributed by atoms with van der Waals surface area (Å²) in [6, 6.07) is 12.6. The lowest BCUT2D eigenvalue weighted by molar-refractivity contribution is 0.0296. The summed E-state index contributed by atoms with van der Waals surface area (Å²) in [5.41, 5.74) is 4.30. The number of carbonyl (C=O) groups is 1. The van der Waals surface area contributed by atoms with Crippen molar-refractivity contribution in [2.24, 2.45) is 0 Å². The Morgan fingerprint density at radius 3 is 2.64 bits per heavy atom. The van der Waals surface area contributed by atoms with E-state index in [9.17, 15) is 4.79 Å². The predicted octanol–water partition coefficient (Wildman–Crippen LogP) is 4.29. The monoisotopic (exact) mass is 418 g/mol. The zero-order chi connectivity index (χ0) is 17.4. The van der Waals surface area contributed by atoms with Gasteiger partial charge in [-0.05, 0) is 40.5 Å². The molecule has 1 aromatic carbocycles. The van der Waals surface area contributed by atoms with Crippen molar-refractivity contribution < 1.29 is 9.53 Å². The van der Waals surface area contributed by atoms with Gasteiger partial charge in [-0.25, -0.2) is 0 Å². The van der Waals surface area contributed by atoms with Gasteiger partial charge in [0.15, 0.2) is 0 Å². The number of rotatable bonds is 3. The fourth-order valence-electron chi connectivity index (χ4n) is 3.16. The normalized spacial score (nSPS) is 15.0. The summed E-state index contributed by atoms with van der Waals surface area (Å²) >= 11 is 5.23. The van der Waals surface area contributed by atoms with Gasteiger partial charge in [-0.15, -0.1) is 11.3 Å². The van der Waals surface area contributed by atoms with E-state index in [1.807, 2.05) is 11.0 Å². The number of ether oxygens (including phenoxy) is 1. The predicted molar refractivity (Wildman–Crippen MR) is 105 cm³/mol. The summed E-state index contributed by atoms with van der Waals surface area (Å²) in [6.45, 7) is 5.33. The molecule has 2 aromatic heterocycles. The van der Waals surface area contributed by atoms with Gasteiger partial charge in [0.2, 0.25) is 0 Å². The molecule has 1 amide bonds. The fourth-order valence-corrected chi connectivity index (χ4v) is 4.73. The van der Waals surface area contributed by atoms with E-state index in [-0.39, 0.29) is 5.91 Å². The highest BCUT2D eigenvalue weighted by Crippen LogP contribution is 2.33. The van der Waals surface area contributed by atoms with Gasteiger partial charge in [-0.1, -0.05) is 29.8 Å². The van der Waals surface area contributed by atoms with E-state index in [1.54, 1.807) is 11.3 Å². The van der Waals surface area contributed by atoms with Crippen LogP contribution in [0.25, 0.3) is 10.2 Å². The minimum Gasteiger partial charge on any atom is -0.378 e. The average molecular weight is 419 g/mol. The molecule has 3 heterocycles. The molecule has 1 aliphatic heterocycles. The SMILES string of the molecule is Cc1ccc(Cn2c(C(=O)N3CCOCC3)cc3sc(Br)cc32)cc1. The number of morpholine rings is 1. The number of nitrogens with zero attached hydrogens (tertiary/aromatic N) is 2. The molecule has 4 rings (SSSR count). The minimum atomic E-state index is 0.0925. The third kappa shape index (κ3) is 3.38. The van der Waals surface area contributed by atoms with Crippen LogP contribution in [0.5, 0.6) is 0 Å². The van der Waals surface area contributed by atoms with E-state index in [2.05, 4.69) is 57.8 Å². The molecule has 0 atom stereocenters. The quantitative estimate of drug-likeness (QED) is 0.635. The summed E-state index contributed by atoms with van der Waals surface area (Å²) in [4.78, 5) is 15.0. The van der Waals surface area contributed by atoms with Crippen LogP contribution in [0.1, 0.15) is 21.6 Å². The number of fused-ring (bicyclic) bond motifs is 1. The highest BCUT2D eigenvalue weighted by atomic mass is 79.9. The van der Waals surface area contributed by atoms with Crippen LogP contribution in [0.2, 0.25) is 0 Å². The van der Waals surface area contributed by atoms with Crippen molar-refractivity contribution in [2.45, 2.75) is 13.5 Å². The molecule has 6 heteroatoms. The van der Waals surface area contributed by atoms with Crippen LogP contribution in [0.4, 0.5) is 0 Å². The van der Waals surface area contributed by atoms with Crippen molar-refractivity contribution in [1.29, 1.82) is 0 Å². The van der Waals surface area contributed by atoms with Crippen LogP contribution in [0, 0.1) is 6.92 Å². The molecule has 0 spiro atoms. The number of thiophene rings is 1. The summed E-state index contributed by atoms with van der Waals surface area (Å²) in [6.07, 6.45) is 0. The third-order valence-corrected chi connectivity index (χ3v) is 6.11. The van der Waals surface area contributed by atoms with Gasteiger partial charge in [0.05, 0.1) is 27.2 Å². The Balaban J connectivity index is 1.73. The van der Waals surface area contributed by atoms with Gasteiger partial charge >= 0.3 is 0 Å². The second kappa shape index (κ2) is 6.94. The highest BCUT2D eigenvalue weighted by Gasteiger charge is 2.24. The van der Waals surface area contributed by atoms with Crippen molar-refractivity contribution in [1.82, 2.24) is 9.47 Å². The molecular formula is C19H19BrN2O2S. The van der Waals surface area contributed by atoms with E-state index in [0.29, 0.717) is 32.8 Å². The Hall–Kier alpha value is -1.63. The van der Waals surface area contributed by atoms with Crippen LogP contribution in [-0.2, 0) is 11.3 Å². The Kier molecular flexibility index (Phi) is 4.67. The first-order valence-electron chi connectivity index (χ1n) is 8.33. The number of aromatic nitrogens is 1. The lowest BCUT2D eigenvalue weighted by atomic mass is 10.1.